The fourth-order valence-corrected chi connectivity index (χ4v) is 4.25. The number of thioether (sulfide) groups is 1. The van der Waals surface area contributed by atoms with E-state index >= 15 is 0 Å². The van der Waals surface area contributed by atoms with Crippen LogP contribution >= 0.6 is 11.8 Å². The standard InChI is InChI=1S/C11H17NO3S/c1-4-16-9-8(10(14)15)12-6(5-7(12)13)11(9,2)3/h6,8-9H,4-5H2,1-3H3,(H,14,15). The number of amides is 1. The van der Waals surface area contributed by atoms with E-state index in [0.717, 1.165) is 5.75 Å². The maximum atomic E-state index is 11.5. The van der Waals surface area contributed by atoms with Crippen molar-refractivity contribution in [3.8, 4) is 0 Å². The van der Waals surface area contributed by atoms with E-state index in [0.29, 0.717) is 6.42 Å². The SMILES string of the molecule is CCSC1C(C(=O)O)N2C(=O)CC2C1(C)C. The van der Waals surface area contributed by atoms with E-state index in [2.05, 4.69) is 13.8 Å². The van der Waals surface area contributed by atoms with Gasteiger partial charge >= 0.3 is 5.97 Å². The van der Waals surface area contributed by atoms with Crippen LogP contribution in [0.4, 0.5) is 0 Å². The monoisotopic (exact) mass is 243 g/mol. The first kappa shape index (κ1) is 11.8. The molecule has 0 bridgehead atoms. The zero-order valence-electron chi connectivity index (χ0n) is 9.77. The van der Waals surface area contributed by atoms with E-state index in [1.54, 1.807) is 16.7 Å². The van der Waals surface area contributed by atoms with Crippen LogP contribution in [0.2, 0.25) is 0 Å². The third kappa shape index (κ3) is 1.37. The van der Waals surface area contributed by atoms with Crippen LogP contribution in [0.15, 0.2) is 0 Å². The Morgan fingerprint density at radius 3 is 2.69 bits per heavy atom. The van der Waals surface area contributed by atoms with Crippen molar-refractivity contribution in [3.63, 3.8) is 0 Å². The van der Waals surface area contributed by atoms with Gasteiger partial charge in [-0.2, -0.15) is 11.8 Å². The van der Waals surface area contributed by atoms with Crippen molar-refractivity contribution in [1.29, 1.82) is 0 Å². The lowest BCUT2D eigenvalue weighted by molar-refractivity contribution is -0.157. The van der Waals surface area contributed by atoms with E-state index in [9.17, 15) is 14.7 Å². The molecule has 0 aromatic rings. The number of carbonyl (C=O) groups is 2. The van der Waals surface area contributed by atoms with Crippen LogP contribution in [-0.2, 0) is 9.59 Å². The topological polar surface area (TPSA) is 57.6 Å². The van der Waals surface area contributed by atoms with Gasteiger partial charge in [0, 0.05) is 23.1 Å². The lowest BCUT2D eigenvalue weighted by atomic mass is 9.79. The van der Waals surface area contributed by atoms with Crippen molar-refractivity contribution in [2.24, 2.45) is 5.41 Å². The number of carboxylic acids is 1. The molecule has 0 aliphatic carbocycles. The Bertz CT molecular complexity index is 342. The summed E-state index contributed by atoms with van der Waals surface area (Å²) in [5, 5.41) is 9.28. The molecule has 0 aromatic carbocycles. The summed E-state index contributed by atoms with van der Waals surface area (Å²) in [5.41, 5.74) is -0.0996. The van der Waals surface area contributed by atoms with E-state index < -0.39 is 12.0 Å². The summed E-state index contributed by atoms with van der Waals surface area (Å²) < 4.78 is 0. The summed E-state index contributed by atoms with van der Waals surface area (Å²) in [6.07, 6.45) is 0.511. The highest BCUT2D eigenvalue weighted by molar-refractivity contribution is 8.00. The van der Waals surface area contributed by atoms with E-state index in [-0.39, 0.29) is 22.6 Å². The first-order chi connectivity index (χ1) is 7.41. The number of nitrogens with zero attached hydrogens (tertiary/aromatic N) is 1. The Morgan fingerprint density at radius 1 is 1.62 bits per heavy atom. The van der Waals surface area contributed by atoms with Crippen LogP contribution in [0.1, 0.15) is 27.2 Å². The largest absolute Gasteiger partial charge is 0.480 e. The van der Waals surface area contributed by atoms with Crippen LogP contribution in [-0.4, -0.2) is 45.0 Å². The molecule has 0 spiro atoms. The number of carboxylic acid groups (broad SMARTS) is 1. The molecule has 0 radical (unpaired) electrons. The maximum Gasteiger partial charge on any atom is 0.327 e. The number of aliphatic carboxylic acids is 1. The van der Waals surface area contributed by atoms with Gasteiger partial charge in [-0.3, -0.25) is 4.79 Å². The Hall–Kier alpha value is -0.710. The summed E-state index contributed by atoms with van der Waals surface area (Å²) in [6.45, 7) is 6.18. The molecule has 2 fully saturated rings. The fourth-order valence-electron chi connectivity index (χ4n) is 2.88. The average Bonchev–Trinajstić information content (AvgIpc) is 2.34. The van der Waals surface area contributed by atoms with Gasteiger partial charge < -0.3 is 10.0 Å². The minimum Gasteiger partial charge on any atom is -0.480 e. The summed E-state index contributed by atoms with van der Waals surface area (Å²) >= 11 is 1.66. The number of hydrogen-bond donors (Lipinski definition) is 1. The Morgan fingerprint density at radius 2 is 2.25 bits per heavy atom. The van der Waals surface area contributed by atoms with Gasteiger partial charge in [-0.25, -0.2) is 4.79 Å². The van der Waals surface area contributed by atoms with Crippen molar-refractivity contribution < 1.29 is 14.7 Å². The minimum atomic E-state index is -0.866. The quantitative estimate of drug-likeness (QED) is 0.757. The van der Waals surface area contributed by atoms with Crippen LogP contribution < -0.4 is 0 Å². The van der Waals surface area contributed by atoms with E-state index in [1.807, 2.05) is 6.92 Å². The number of hydrogen-bond acceptors (Lipinski definition) is 3. The molecular weight excluding hydrogens is 226 g/mol. The molecule has 1 N–H and O–H groups in total. The molecule has 2 aliphatic heterocycles. The second kappa shape index (κ2) is 3.65. The van der Waals surface area contributed by atoms with Gasteiger partial charge in [-0.05, 0) is 5.75 Å². The lowest BCUT2D eigenvalue weighted by Crippen LogP contribution is -2.56. The molecule has 2 heterocycles. The van der Waals surface area contributed by atoms with Gasteiger partial charge in [-0.15, -0.1) is 0 Å². The molecule has 4 nitrogen and oxygen atoms in total. The van der Waals surface area contributed by atoms with Crippen LogP contribution in [0, 0.1) is 5.41 Å². The zero-order valence-corrected chi connectivity index (χ0v) is 10.6. The second-order valence-electron chi connectivity index (χ2n) is 5.00. The number of fused-ring (bicyclic) bond motifs is 1. The second-order valence-corrected chi connectivity index (χ2v) is 6.42. The number of β-lactam (4-membered cyclic amide) rings is 1. The summed E-state index contributed by atoms with van der Waals surface area (Å²) in [7, 11) is 0. The minimum absolute atomic E-state index is 0.00597. The highest BCUT2D eigenvalue weighted by Gasteiger charge is 2.63. The van der Waals surface area contributed by atoms with Gasteiger partial charge in [0.25, 0.3) is 0 Å². The molecule has 2 rings (SSSR count). The van der Waals surface area contributed by atoms with Crippen LogP contribution in [0.25, 0.3) is 0 Å². The highest BCUT2D eigenvalue weighted by Crippen LogP contribution is 2.52. The fraction of sp³-hybridized carbons (Fsp3) is 0.818. The molecule has 3 atom stereocenters. The molecular formula is C11H17NO3S. The normalized spacial score (nSPS) is 35.8. The summed E-state index contributed by atoms with van der Waals surface area (Å²) in [4.78, 5) is 24.4. The maximum absolute atomic E-state index is 11.5. The lowest BCUT2D eigenvalue weighted by Gasteiger charge is -2.41. The Labute approximate surface area is 99.4 Å². The van der Waals surface area contributed by atoms with Crippen molar-refractivity contribution >= 4 is 23.6 Å². The molecule has 0 saturated carbocycles. The molecule has 2 saturated heterocycles. The first-order valence-electron chi connectivity index (χ1n) is 5.56. The van der Waals surface area contributed by atoms with Gasteiger partial charge in [0.1, 0.15) is 6.04 Å². The predicted octanol–water partition coefficient (Wildman–Crippen LogP) is 1.20. The Kier molecular flexibility index (Phi) is 2.69. The molecule has 5 heteroatoms. The molecule has 3 unspecified atom stereocenters. The molecule has 0 aromatic heterocycles. The Balaban J connectivity index is 2.33. The van der Waals surface area contributed by atoms with Gasteiger partial charge in [-0.1, -0.05) is 20.8 Å². The average molecular weight is 243 g/mol. The van der Waals surface area contributed by atoms with E-state index in [1.165, 1.54) is 0 Å². The summed E-state index contributed by atoms with van der Waals surface area (Å²) in [6, 6.07) is -0.517. The van der Waals surface area contributed by atoms with Crippen LogP contribution in [0.5, 0.6) is 0 Å². The zero-order chi connectivity index (χ0) is 12.1. The third-order valence-corrected chi connectivity index (χ3v) is 5.33. The number of rotatable bonds is 3. The molecule has 1 amide bonds. The van der Waals surface area contributed by atoms with Gasteiger partial charge in [0.05, 0.1) is 0 Å². The van der Waals surface area contributed by atoms with Crippen molar-refractivity contribution in [1.82, 2.24) is 4.90 Å². The third-order valence-electron chi connectivity index (χ3n) is 3.77. The van der Waals surface area contributed by atoms with Crippen LogP contribution in [0.3, 0.4) is 0 Å². The highest BCUT2D eigenvalue weighted by atomic mass is 32.2. The summed E-state index contributed by atoms with van der Waals surface area (Å²) in [5.74, 6) is 0.00588. The van der Waals surface area contributed by atoms with Gasteiger partial charge in [0.2, 0.25) is 5.91 Å². The smallest absolute Gasteiger partial charge is 0.327 e. The predicted molar refractivity (Wildman–Crippen MR) is 62.4 cm³/mol. The molecule has 16 heavy (non-hydrogen) atoms. The molecule has 90 valence electrons. The van der Waals surface area contributed by atoms with Crippen molar-refractivity contribution in [2.75, 3.05) is 5.75 Å². The van der Waals surface area contributed by atoms with Crippen molar-refractivity contribution in [3.05, 3.63) is 0 Å². The van der Waals surface area contributed by atoms with E-state index in [4.69, 9.17) is 0 Å². The molecule has 2 aliphatic rings. The van der Waals surface area contributed by atoms with Gasteiger partial charge in [0.15, 0.2) is 0 Å². The van der Waals surface area contributed by atoms with Crippen molar-refractivity contribution in [2.45, 2.75) is 44.5 Å². The first-order valence-corrected chi connectivity index (χ1v) is 6.61. The number of carbonyl (C=O) groups excluding carboxylic acids is 1.